The van der Waals surface area contributed by atoms with E-state index in [1.54, 1.807) is 30.3 Å². The first-order valence-electron chi connectivity index (χ1n) is 8.87. The van der Waals surface area contributed by atoms with Crippen LogP contribution in [0.2, 0.25) is 0 Å². The highest BCUT2D eigenvalue weighted by Crippen LogP contribution is 2.37. The SMILES string of the molecule is CN(C)C(=O)c1nnc(CC2CCOC2)c2cc(-c3ccc(Br)cc3)sc12. The molecule has 0 bridgehead atoms. The van der Waals surface area contributed by atoms with Crippen LogP contribution in [0.15, 0.2) is 34.8 Å². The molecule has 4 rings (SSSR count). The van der Waals surface area contributed by atoms with Crippen molar-refractivity contribution in [3.05, 3.63) is 46.2 Å². The smallest absolute Gasteiger partial charge is 0.275 e. The maximum atomic E-state index is 12.6. The van der Waals surface area contributed by atoms with Crippen molar-refractivity contribution in [2.75, 3.05) is 27.3 Å². The summed E-state index contributed by atoms with van der Waals surface area (Å²) in [5, 5.41) is 9.79. The summed E-state index contributed by atoms with van der Waals surface area (Å²) in [4.78, 5) is 15.3. The van der Waals surface area contributed by atoms with E-state index < -0.39 is 0 Å². The number of fused-ring (bicyclic) bond motifs is 1. The van der Waals surface area contributed by atoms with Gasteiger partial charge in [-0.3, -0.25) is 4.79 Å². The Kier molecular flexibility index (Phi) is 5.25. The topological polar surface area (TPSA) is 55.3 Å². The average Bonchev–Trinajstić information content (AvgIpc) is 3.32. The van der Waals surface area contributed by atoms with E-state index in [4.69, 9.17) is 4.74 Å². The van der Waals surface area contributed by atoms with Crippen LogP contribution < -0.4 is 0 Å². The molecule has 1 atom stereocenters. The zero-order valence-electron chi connectivity index (χ0n) is 15.2. The predicted octanol–water partition coefficient (Wildman–Crippen LogP) is 4.40. The number of thiophene rings is 1. The molecule has 1 aliphatic heterocycles. The molecular weight excluding hydrogens is 426 g/mol. The summed E-state index contributed by atoms with van der Waals surface area (Å²) in [5.41, 5.74) is 2.50. The number of amides is 1. The normalized spacial score (nSPS) is 16.8. The van der Waals surface area contributed by atoms with Gasteiger partial charge in [0.2, 0.25) is 0 Å². The number of aromatic nitrogens is 2. The first kappa shape index (κ1) is 18.5. The van der Waals surface area contributed by atoms with Gasteiger partial charge in [0, 0.05) is 42.0 Å². The van der Waals surface area contributed by atoms with Gasteiger partial charge in [-0.15, -0.1) is 16.4 Å². The molecule has 1 unspecified atom stereocenters. The number of hydrogen-bond acceptors (Lipinski definition) is 5. The Labute approximate surface area is 170 Å². The third kappa shape index (κ3) is 3.77. The second kappa shape index (κ2) is 7.66. The quantitative estimate of drug-likeness (QED) is 0.596. The molecule has 5 nitrogen and oxygen atoms in total. The molecular formula is C20H20BrN3O2S. The van der Waals surface area contributed by atoms with Gasteiger partial charge >= 0.3 is 0 Å². The molecule has 140 valence electrons. The summed E-state index contributed by atoms with van der Waals surface area (Å²) >= 11 is 5.09. The van der Waals surface area contributed by atoms with Crippen LogP contribution in [-0.2, 0) is 11.2 Å². The summed E-state index contributed by atoms with van der Waals surface area (Å²) in [6.07, 6.45) is 1.88. The van der Waals surface area contributed by atoms with E-state index in [1.165, 1.54) is 0 Å². The van der Waals surface area contributed by atoms with Crippen LogP contribution in [0.1, 0.15) is 22.6 Å². The summed E-state index contributed by atoms with van der Waals surface area (Å²) in [6, 6.07) is 10.4. The number of carbonyl (C=O) groups excluding carboxylic acids is 1. The largest absolute Gasteiger partial charge is 0.381 e. The molecule has 7 heteroatoms. The lowest BCUT2D eigenvalue weighted by molar-refractivity contribution is 0.0823. The van der Waals surface area contributed by atoms with E-state index in [9.17, 15) is 4.79 Å². The van der Waals surface area contributed by atoms with Gasteiger partial charge in [0.05, 0.1) is 10.4 Å². The van der Waals surface area contributed by atoms with E-state index in [-0.39, 0.29) is 5.91 Å². The third-order valence-corrected chi connectivity index (χ3v) is 6.49. The highest BCUT2D eigenvalue weighted by molar-refractivity contribution is 9.10. The van der Waals surface area contributed by atoms with E-state index in [0.717, 1.165) is 56.7 Å². The maximum absolute atomic E-state index is 12.6. The van der Waals surface area contributed by atoms with Gasteiger partial charge in [-0.2, -0.15) is 5.10 Å². The van der Waals surface area contributed by atoms with E-state index in [1.807, 2.05) is 12.1 Å². The Balaban J connectivity index is 1.83. The summed E-state index contributed by atoms with van der Waals surface area (Å²) < 4.78 is 7.46. The second-order valence-corrected chi connectivity index (χ2v) is 8.96. The standard InChI is InChI=1S/C20H20BrN3O2S/c1-24(2)20(25)18-19-15(16(22-23-18)9-12-7-8-26-11-12)10-17(27-19)13-3-5-14(21)6-4-13/h3-6,10,12H,7-9,11H2,1-2H3. The lowest BCUT2D eigenvalue weighted by Gasteiger charge is -2.12. The first-order valence-corrected chi connectivity index (χ1v) is 10.5. The molecule has 3 aromatic rings. The maximum Gasteiger partial charge on any atom is 0.275 e. The minimum atomic E-state index is -0.118. The molecule has 0 saturated carbocycles. The fraction of sp³-hybridized carbons (Fsp3) is 0.350. The fourth-order valence-corrected chi connectivity index (χ4v) is 4.69. The van der Waals surface area contributed by atoms with Crippen molar-refractivity contribution in [1.82, 2.24) is 15.1 Å². The number of carbonyl (C=O) groups is 1. The Hall–Kier alpha value is -1.83. The molecule has 0 aliphatic carbocycles. The van der Waals surface area contributed by atoms with Crippen LogP contribution in [0.3, 0.4) is 0 Å². The van der Waals surface area contributed by atoms with Crippen LogP contribution in [-0.4, -0.2) is 48.3 Å². The number of benzene rings is 1. The molecule has 0 N–H and O–H groups in total. The van der Waals surface area contributed by atoms with Gasteiger partial charge in [0.15, 0.2) is 5.69 Å². The lowest BCUT2D eigenvalue weighted by atomic mass is 10.0. The van der Waals surface area contributed by atoms with Crippen LogP contribution in [0.5, 0.6) is 0 Å². The van der Waals surface area contributed by atoms with Crippen LogP contribution in [0.4, 0.5) is 0 Å². The first-order chi connectivity index (χ1) is 13.0. The van der Waals surface area contributed by atoms with Crippen LogP contribution >= 0.6 is 27.3 Å². The monoisotopic (exact) mass is 445 g/mol. The van der Waals surface area contributed by atoms with Crippen LogP contribution in [0, 0.1) is 5.92 Å². The van der Waals surface area contributed by atoms with Gasteiger partial charge in [0.25, 0.3) is 5.91 Å². The van der Waals surface area contributed by atoms with Crippen molar-refractivity contribution >= 4 is 43.3 Å². The van der Waals surface area contributed by atoms with Crippen molar-refractivity contribution in [3.8, 4) is 10.4 Å². The van der Waals surface area contributed by atoms with E-state index >= 15 is 0 Å². The summed E-state index contributed by atoms with van der Waals surface area (Å²) in [5.74, 6) is 0.349. The molecule has 1 fully saturated rings. The highest BCUT2D eigenvalue weighted by Gasteiger charge is 2.23. The molecule has 1 aliphatic rings. The van der Waals surface area contributed by atoms with Crippen molar-refractivity contribution in [1.29, 1.82) is 0 Å². The number of ether oxygens (including phenoxy) is 1. The Morgan fingerprint density at radius 3 is 2.74 bits per heavy atom. The van der Waals surface area contributed by atoms with Crippen molar-refractivity contribution in [2.24, 2.45) is 5.92 Å². The number of halogens is 1. The number of rotatable bonds is 4. The predicted molar refractivity (Wildman–Crippen MR) is 111 cm³/mol. The molecule has 1 aromatic carbocycles. The second-order valence-electron chi connectivity index (χ2n) is 6.99. The minimum Gasteiger partial charge on any atom is -0.381 e. The number of hydrogen-bond donors (Lipinski definition) is 0. The van der Waals surface area contributed by atoms with Gasteiger partial charge in [-0.05, 0) is 42.5 Å². The minimum absolute atomic E-state index is 0.118. The number of nitrogens with zero attached hydrogens (tertiary/aromatic N) is 3. The average molecular weight is 446 g/mol. The van der Waals surface area contributed by atoms with Crippen molar-refractivity contribution in [3.63, 3.8) is 0 Å². The van der Waals surface area contributed by atoms with Gasteiger partial charge in [-0.1, -0.05) is 28.1 Å². The third-order valence-electron chi connectivity index (χ3n) is 4.77. The molecule has 1 saturated heterocycles. The van der Waals surface area contributed by atoms with Crippen molar-refractivity contribution < 1.29 is 9.53 Å². The fourth-order valence-electron chi connectivity index (χ4n) is 3.27. The molecule has 27 heavy (non-hydrogen) atoms. The van der Waals surface area contributed by atoms with E-state index in [2.05, 4.69) is 44.3 Å². The Bertz CT molecular complexity index is 979. The van der Waals surface area contributed by atoms with E-state index in [0.29, 0.717) is 11.6 Å². The molecule has 1 amide bonds. The molecule has 2 aromatic heterocycles. The zero-order valence-corrected chi connectivity index (χ0v) is 17.6. The molecule has 0 radical (unpaired) electrons. The summed E-state index contributed by atoms with van der Waals surface area (Å²) in [7, 11) is 3.48. The Morgan fingerprint density at radius 2 is 2.07 bits per heavy atom. The lowest BCUT2D eigenvalue weighted by Crippen LogP contribution is -2.23. The molecule has 0 spiro atoms. The van der Waals surface area contributed by atoms with Gasteiger partial charge < -0.3 is 9.64 Å². The molecule has 3 heterocycles. The zero-order chi connectivity index (χ0) is 19.0. The van der Waals surface area contributed by atoms with Crippen LogP contribution in [0.25, 0.3) is 20.5 Å². The van der Waals surface area contributed by atoms with Gasteiger partial charge in [0.1, 0.15) is 0 Å². The van der Waals surface area contributed by atoms with Crippen molar-refractivity contribution in [2.45, 2.75) is 12.8 Å². The Morgan fingerprint density at radius 1 is 1.30 bits per heavy atom. The summed E-state index contributed by atoms with van der Waals surface area (Å²) in [6.45, 7) is 1.58. The highest BCUT2D eigenvalue weighted by atomic mass is 79.9. The van der Waals surface area contributed by atoms with Gasteiger partial charge in [-0.25, -0.2) is 0 Å².